The van der Waals surface area contributed by atoms with E-state index < -0.39 is 12.2 Å². The fraction of sp³-hybridized carbons (Fsp3) is 0.844. The summed E-state index contributed by atoms with van der Waals surface area (Å²) in [6.07, 6.45) is 8.58. The van der Waals surface area contributed by atoms with Gasteiger partial charge in [-0.1, -0.05) is 11.6 Å². The minimum Gasteiger partial charge on any atom is -0.372 e. The molecule has 0 spiro atoms. The van der Waals surface area contributed by atoms with E-state index in [1.807, 2.05) is 6.92 Å². The molecule has 13 nitrogen and oxygen atoms in total. The molecule has 0 radical (unpaired) electrons. The van der Waals surface area contributed by atoms with Crippen molar-refractivity contribution in [3.05, 3.63) is 11.6 Å². The predicted molar refractivity (Wildman–Crippen MR) is 173 cm³/mol. The molecule has 9 unspecified atom stereocenters. The van der Waals surface area contributed by atoms with Crippen LogP contribution in [-0.2, 0) is 33.3 Å². The van der Waals surface area contributed by atoms with E-state index in [1.165, 1.54) is 12.7 Å². The Morgan fingerprint density at radius 2 is 1.28 bits per heavy atom. The molecule has 46 heavy (non-hydrogen) atoms. The summed E-state index contributed by atoms with van der Waals surface area (Å²) in [6, 6.07) is -0.194. The van der Waals surface area contributed by atoms with Gasteiger partial charge in [-0.2, -0.15) is 0 Å². The lowest BCUT2D eigenvalue weighted by Crippen LogP contribution is -2.51. The maximum Gasteiger partial charge on any atom is 0.227 e. The zero-order valence-electron chi connectivity index (χ0n) is 28.8. The number of carbonyl (C=O) groups excluding carboxylic acids is 3. The van der Waals surface area contributed by atoms with Crippen molar-refractivity contribution < 1.29 is 37.7 Å². The number of fused-ring (bicyclic) bond motifs is 2. The Hall–Kier alpha value is -2.20. The summed E-state index contributed by atoms with van der Waals surface area (Å²) >= 11 is 0. The number of amides is 3. The summed E-state index contributed by atoms with van der Waals surface area (Å²) in [5.41, 5.74) is 1.32. The number of hydrogen-bond donors (Lipinski definition) is 6. The molecule has 14 heteroatoms. The molecule has 2 aliphatic heterocycles. The summed E-state index contributed by atoms with van der Waals surface area (Å²) in [7, 11) is 9.77. The zero-order chi connectivity index (χ0) is 34.1. The van der Waals surface area contributed by atoms with Crippen LogP contribution in [0.3, 0.4) is 0 Å². The SMILES string of the molecule is C/C=C1/CCCC(C(=O)NC)C1NCOC.CNC(=O)C1C2CCC(O2)C1NCOC.CNC(=O)C1CCCC(F)C1NCOC. The van der Waals surface area contributed by atoms with Crippen LogP contribution >= 0.6 is 0 Å². The van der Waals surface area contributed by atoms with Gasteiger partial charge in [-0.25, -0.2) is 4.39 Å². The third kappa shape index (κ3) is 11.2. The van der Waals surface area contributed by atoms with E-state index in [2.05, 4.69) is 38.0 Å². The Morgan fingerprint density at radius 3 is 1.87 bits per heavy atom. The molecule has 4 aliphatic rings. The summed E-state index contributed by atoms with van der Waals surface area (Å²) < 4.78 is 34.2. The van der Waals surface area contributed by atoms with Gasteiger partial charge < -0.3 is 34.9 Å². The Morgan fingerprint density at radius 1 is 0.739 bits per heavy atom. The van der Waals surface area contributed by atoms with Gasteiger partial charge in [0.1, 0.15) is 6.17 Å². The smallest absolute Gasteiger partial charge is 0.227 e. The third-order valence-electron chi connectivity index (χ3n) is 9.33. The second-order valence-corrected chi connectivity index (χ2v) is 12.0. The number of rotatable bonds is 12. The van der Waals surface area contributed by atoms with Crippen LogP contribution in [0.1, 0.15) is 58.3 Å². The fourth-order valence-corrected chi connectivity index (χ4v) is 7.03. The highest BCUT2D eigenvalue weighted by atomic mass is 19.1. The summed E-state index contributed by atoms with van der Waals surface area (Å²) in [4.78, 5) is 35.0. The van der Waals surface area contributed by atoms with Crippen molar-refractivity contribution >= 4 is 17.7 Å². The molecule has 2 saturated carbocycles. The van der Waals surface area contributed by atoms with Gasteiger partial charge >= 0.3 is 0 Å². The topological polar surface area (TPSA) is 160 Å². The van der Waals surface area contributed by atoms with E-state index >= 15 is 0 Å². The van der Waals surface area contributed by atoms with Crippen LogP contribution in [0.25, 0.3) is 0 Å². The summed E-state index contributed by atoms with van der Waals surface area (Å²) in [6.45, 7) is 3.25. The van der Waals surface area contributed by atoms with Crippen LogP contribution in [0.15, 0.2) is 11.6 Å². The van der Waals surface area contributed by atoms with Crippen molar-refractivity contribution in [3.63, 3.8) is 0 Å². The highest BCUT2D eigenvalue weighted by Gasteiger charge is 2.51. The fourth-order valence-electron chi connectivity index (χ4n) is 7.03. The second kappa shape index (κ2) is 21.6. The van der Waals surface area contributed by atoms with Crippen molar-refractivity contribution in [3.8, 4) is 0 Å². The zero-order valence-corrected chi connectivity index (χ0v) is 28.8. The number of carbonyl (C=O) groups is 3. The first kappa shape index (κ1) is 40.0. The van der Waals surface area contributed by atoms with E-state index in [-0.39, 0.29) is 66.5 Å². The van der Waals surface area contributed by atoms with Crippen molar-refractivity contribution in [1.82, 2.24) is 31.9 Å². The number of hydrogen-bond acceptors (Lipinski definition) is 10. The largest absolute Gasteiger partial charge is 0.372 e. The van der Waals surface area contributed by atoms with Gasteiger partial charge in [0, 0.05) is 54.6 Å². The van der Waals surface area contributed by atoms with Gasteiger partial charge in [-0.3, -0.25) is 30.3 Å². The average molecular weight is 659 g/mol. The van der Waals surface area contributed by atoms with Crippen molar-refractivity contribution in [2.24, 2.45) is 17.8 Å². The van der Waals surface area contributed by atoms with E-state index in [0.29, 0.717) is 19.9 Å². The first-order valence-electron chi connectivity index (χ1n) is 16.5. The standard InChI is InChI=1S/C12H22N2O2.C10H19FN2O2.C10H18N2O3/c1-4-9-6-5-7-10(12(15)13-2)11(9)14-8-16-3;1-12-10(14)7-4-3-5-8(11)9(7)13-6-15-2;1-11-10(13)8-6-3-4-7(15-6)9(8)12-5-14-2/h4,10-11,14H,5-8H2,1-3H3,(H,13,15);7-9,13H,3-6H2,1-2H3,(H,12,14);6-9,12H,3-5H2,1-2H3,(H,11,13)/b9-4-;;. The normalized spacial score (nSPS) is 32.4. The molecule has 9 atom stereocenters. The highest BCUT2D eigenvalue weighted by molar-refractivity contribution is 5.81. The number of methoxy groups -OCH3 is 3. The van der Waals surface area contributed by atoms with Gasteiger partial charge in [-0.05, 0) is 58.3 Å². The lowest BCUT2D eigenvalue weighted by Gasteiger charge is -2.33. The first-order chi connectivity index (χ1) is 22.2. The molecule has 4 rings (SSSR count). The molecule has 2 bridgehead atoms. The van der Waals surface area contributed by atoms with E-state index in [0.717, 1.165) is 44.9 Å². The lowest BCUT2D eigenvalue weighted by atomic mass is 9.80. The second-order valence-electron chi connectivity index (χ2n) is 12.0. The minimum absolute atomic E-state index is 0.0279. The Labute approximate surface area is 274 Å². The molecule has 266 valence electrons. The Balaban J connectivity index is 0.000000240. The van der Waals surface area contributed by atoms with Gasteiger partial charge in [0.05, 0.1) is 56.2 Å². The maximum atomic E-state index is 13.6. The number of nitrogens with one attached hydrogen (secondary N) is 6. The van der Waals surface area contributed by atoms with Crippen LogP contribution in [-0.4, -0.2) is 117 Å². The highest BCUT2D eigenvalue weighted by Crippen LogP contribution is 2.39. The maximum absolute atomic E-state index is 13.6. The molecule has 2 heterocycles. The minimum atomic E-state index is -0.962. The van der Waals surface area contributed by atoms with E-state index in [4.69, 9.17) is 18.9 Å². The van der Waals surface area contributed by atoms with Gasteiger partial charge in [0.2, 0.25) is 17.7 Å². The van der Waals surface area contributed by atoms with Crippen LogP contribution in [0.4, 0.5) is 4.39 Å². The Kier molecular flexibility index (Phi) is 18.8. The molecule has 2 aliphatic carbocycles. The predicted octanol–water partition coefficient (Wildman–Crippen LogP) is 0.946. The quantitative estimate of drug-likeness (QED) is 0.132. The van der Waals surface area contributed by atoms with Crippen LogP contribution in [0.2, 0.25) is 0 Å². The Bertz CT molecular complexity index is 954. The molecular weight excluding hydrogens is 599 g/mol. The molecule has 0 aromatic rings. The third-order valence-corrected chi connectivity index (χ3v) is 9.33. The molecule has 0 aromatic carbocycles. The van der Waals surface area contributed by atoms with Crippen LogP contribution < -0.4 is 31.9 Å². The molecule has 3 amide bonds. The lowest BCUT2D eigenvalue weighted by molar-refractivity contribution is -0.128. The van der Waals surface area contributed by atoms with Gasteiger partial charge in [-0.15, -0.1) is 0 Å². The number of ether oxygens (including phenoxy) is 4. The molecule has 6 N–H and O–H groups in total. The van der Waals surface area contributed by atoms with E-state index in [1.54, 1.807) is 35.4 Å². The number of allylic oxidation sites excluding steroid dienone is 1. The molecular formula is C32H59FN6O7. The van der Waals surface area contributed by atoms with E-state index in [9.17, 15) is 18.8 Å². The number of halogens is 1. The van der Waals surface area contributed by atoms with Gasteiger partial charge in [0.15, 0.2) is 0 Å². The van der Waals surface area contributed by atoms with Crippen molar-refractivity contribution in [2.45, 2.75) is 94.8 Å². The summed E-state index contributed by atoms with van der Waals surface area (Å²) in [5, 5.41) is 17.4. The molecule has 0 aromatic heterocycles. The molecule has 4 fully saturated rings. The van der Waals surface area contributed by atoms with Crippen LogP contribution in [0, 0.1) is 17.8 Å². The summed E-state index contributed by atoms with van der Waals surface area (Å²) in [5.74, 6) is -0.229. The van der Waals surface area contributed by atoms with Crippen molar-refractivity contribution in [2.75, 3.05) is 62.7 Å². The first-order valence-corrected chi connectivity index (χ1v) is 16.5. The monoisotopic (exact) mass is 658 g/mol. The number of alkyl halides is 1. The van der Waals surface area contributed by atoms with Crippen LogP contribution in [0.5, 0.6) is 0 Å². The van der Waals surface area contributed by atoms with Crippen molar-refractivity contribution in [1.29, 1.82) is 0 Å². The van der Waals surface area contributed by atoms with Gasteiger partial charge in [0.25, 0.3) is 0 Å². The molecule has 2 saturated heterocycles. The average Bonchev–Trinajstić information content (AvgIpc) is 3.70.